The van der Waals surface area contributed by atoms with Gasteiger partial charge in [0.2, 0.25) is 0 Å². The molecule has 0 unspecified atom stereocenters. The van der Waals surface area contributed by atoms with Crippen LogP contribution < -0.4 is 0 Å². The van der Waals surface area contributed by atoms with Crippen LogP contribution in [-0.2, 0) is 25.4 Å². The fraction of sp³-hybridized carbons (Fsp3) is 0.562. The second-order valence-electron chi connectivity index (χ2n) is 4.29. The van der Waals surface area contributed by atoms with E-state index in [1.54, 1.807) is 0 Å². The zero-order valence-corrected chi connectivity index (χ0v) is 12.6. The van der Waals surface area contributed by atoms with Gasteiger partial charge in [-0.05, 0) is 32.8 Å². The lowest BCUT2D eigenvalue weighted by Gasteiger charge is -2.17. The lowest BCUT2D eigenvalue weighted by atomic mass is 10.1. The van der Waals surface area contributed by atoms with E-state index in [2.05, 4.69) is 0 Å². The summed E-state index contributed by atoms with van der Waals surface area (Å²) >= 11 is 0. The first-order chi connectivity index (χ1) is 9.71. The molecule has 4 nitrogen and oxygen atoms in total. The molecule has 0 atom stereocenters. The summed E-state index contributed by atoms with van der Waals surface area (Å²) in [4.78, 5) is 11.3. The molecule has 4 heteroatoms. The van der Waals surface area contributed by atoms with Crippen molar-refractivity contribution in [2.75, 3.05) is 19.8 Å². The van der Waals surface area contributed by atoms with E-state index < -0.39 is 0 Å². The molecule has 20 heavy (non-hydrogen) atoms. The summed E-state index contributed by atoms with van der Waals surface area (Å²) in [5.41, 5.74) is 2.10. The zero-order chi connectivity index (χ0) is 14.8. The minimum atomic E-state index is -0.316. The van der Waals surface area contributed by atoms with Gasteiger partial charge in [0.15, 0.2) is 6.29 Å². The van der Waals surface area contributed by atoms with Crippen LogP contribution in [0.1, 0.15) is 44.6 Å². The highest BCUT2D eigenvalue weighted by molar-refractivity contribution is 5.69. The van der Waals surface area contributed by atoms with Gasteiger partial charge in [-0.25, -0.2) is 0 Å². The minimum Gasteiger partial charge on any atom is -0.466 e. The van der Waals surface area contributed by atoms with E-state index >= 15 is 0 Å². The topological polar surface area (TPSA) is 44.8 Å². The largest absolute Gasteiger partial charge is 0.466 e. The normalized spacial score (nSPS) is 10.8. The minimum absolute atomic E-state index is 0.155. The van der Waals surface area contributed by atoms with Crippen molar-refractivity contribution in [3.05, 3.63) is 35.4 Å². The Labute approximate surface area is 121 Å². The first kappa shape index (κ1) is 16.7. The van der Waals surface area contributed by atoms with Crippen molar-refractivity contribution in [2.45, 2.75) is 39.9 Å². The van der Waals surface area contributed by atoms with Gasteiger partial charge in [-0.1, -0.05) is 24.3 Å². The van der Waals surface area contributed by atoms with Crippen LogP contribution in [0, 0.1) is 0 Å². The van der Waals surface area contributed by atoms with Gasteiger partial charge in [0.25, 0.3) is 0 Å². The molecule has 0 aliphatic heterocycles. The predicted octanol–water partition coefficient (Wildman–Crippen LogP) is 3.25. The van der Waals surface area contributed by atoms with Crippen molar-refractivity contribution in [1.29, 1.82) is 0 Å². The molecule has 0 heterocycles. The van der Waals surface area contributed by atoms with Crippen LogP contribution >= 0.6 is 0 Å². The van der Waals surface area contributed by atoms with Crippen LogP contribution in [0.2, 0.25) is 0 Å². The summed E-state index contributed by atoms with van der Waals surface area (Å²) in [5.74, 6) is -0.155. The van der Waals surface area contributed by atoms with Gasteiger partial charge in [0, 0.05) is 25.2 Å². The summed E-state index contributed by atoms with van der Waals surface area (Å²) in [5, 5.41) is 0. The van der Waals surface area contributed by atoms with E-state index in [1.807, 2.05) is 45.0 Å². The lowest BCUT2D eigenvalue weighted by Crippen LogP contribution is -2.09. The number of aryl methyl sites for hydroxylation is 1. The number of ether oxygens (including phenoxy) is 3. The second kappa shape index (κ2) is 9.50. The molecule has 1 aromatic rings. The standard InChI is InChI=1S/C16H24O4/c1-4-18-15(17)12-9-13-7-10-14(11-8-13)16(19-5-2)20-6-3/h7-8,10-11,16H,4-6,9,12H2,1-3H3. The third-order valence-electron chi connectivity index (χ3n) is 2.81. The fourth-order valence-corrected chi connectivity index (χ4v) is 1.86. The Morgan fingerprint density at radius 1 is 1.00 bits per heavy atom. The van der Waals surface area contributed by atoms with E-state index in [0.717, 1.165) is 11.1 Å². The maximum absolute atomic E-state index is 11.3. The average Bonchev–Trinajstić information content (AvgIpc) is 2.46. The van der Waals surface area contributed by atoms with Crippen molar-refractivity contribution in [1.82, 2.24) is 0 Å². The van der Waals surface area contributed by atoms with Gasteiger partial charge < -0.3 is 14.2 Å². The van der Waals surface area contributed by atoms with Gasteiger partial charge in [-0.15, -0.1) is 0 Å². The van der Waals surface area contributed by atoms with Gasteiger partial charge in [-0.3, -0.25) is 4.79 Å². The molecule has 0 fully saturated rings. The van der Waals surface area contributed by atoms with Crippen molar-refractivity contribution in [2.24, 2.45) is 0 Å². The maximum atomic E-state index is 11.3. The van der Waals surface area contributed by atoms with E-state index in [0.29, 0.717) is 32.7 Å². The molecular weight excluding hydrogens is 256 g/mol. The number of hydrogen-bond donors (Lipinski definition) is 0. The Kier molecular flexibility index (Phi) is 7.92. The number of carbonyl (C=O) groups is 1. The SMILES string of the molecule is CCOC(=O)CCc1ccc(C(OCC)OCC)cc1. The first-order valence-electron chi connectivity index (χ1n) is 7.18. The molecule has 0 spiro atoms. The summed E-state index contributed by atoms with van der Waals surface area (Å²) in [6.07, 6.45) is 0.782. The zero-order valence-electron chi connectivity index (χ0n) is 12.6. The molecule has 0 aliphatic carbocycles. The Morgan fingerprint density at radius 3 is 2.10 bits per heavy atom. The van der Waals surface area contributed by atoms with Crippen LogP contribution in [0.25, 0.3) is 0 Å². The summed E-state index contributed by atoms with van der Waals surface area (Å²) in [6.45, 7) is 7.35. The molecule has 112 valence electrons. The van der Waals surface area contributed by atoms with Crippen molar-refractivity contribution in [3.63, 3.8) is 0 Å². The molecule has 0 aromatic heterocycles. The molecule has 0 bridgehead atoms. The Balaban J connectivity index is 2.56. The molecule has 0 saturated heterocycles. The molecule has 0 radical (unpaired) electrons. The molecule has 1 aromatic carbocycles. The Morgan fingerprint density at radius 2 is 1.60 bits per heavy atom. The number of hydrogen-bond acceptors (Lipinski definition) is 4. The van der Waals surface area contributed by atoms with E-state index in [1.165, 1.54) is 0 Å². The van der Waals surface area contributed by atoms with Crippen molar-refractivity contribution < 1.29 is 19.0 Å². The summed E-state index contributed by atoms with van der Waals surface area (Å²) < 4.78 is 16.0. The maximum Gasteiger partial charge on any atom is 0.306 e. The number of rotatable bonds is 9. The summed E-state index contributed by atoms with van der Waals surface area (Å²) in [7, 11) is 0. The third-order valence-corrected chi connectivity index (χ3v) is 2.81. The molecular formula is C16H24O4. The highest BCUT2D eigenvalue weighted by atomic mass is 16.7. The van der Waals surface area contributed by atoms with Crippen molar-refractivity contribution >= 4 is 5.97 Å². The van der Waals surface area contributed by atoms with Crippen LogP contribution in [0.15, 0.2) is 24.3 Å². The van der Waals surface area contributed by atoms with Gasteiger partial charge in [-0.2, -0.15) is 0 Å². The Bertz CT molecular complexity index is 380. The van der Waals surface area contributed by atoms with Gasteiger partial charge in [0.05, 0.1) is 6.61 Å². The van der Waals surface area contributed by atoms with E-state index in [4.69, 9.17) is 14.2 Å². The third kappa shape index (κ3) is 5.72. The summed E-state index contributed by atoms with van der Waals surface area (Å²) in [6, 6.07) is 7.96. The van der Waals surface area contributed by atoms with E-state index in [-0.39, 0.29) is 12.3 Å². The molecule has 0 N–H and O–H groups in total. The van der Waals surface area contributed by atoms with Gasteiger partial charge >= 0.3 is 5.97 Å². The average molecular weight is 280 g/mol. The van der Waals surface area contributed by atoms with Crippen LogP contribution in [0.3, 0.4) is 0 Å². The Hall–Kier alpha value is -1.39. The quantitative estimate of drug-likeness (QED) is 0.514. The number of carbonyl (C=O) groups excluding carboxylic acids is 1. The van der Waals surface area contributed by atoms with Crippen LogP contribution in [-0.4, -0.2) is 25.8 Å². The first-order valence-corrected chi connectivity index (χ1v) is 7.18. The molecule has 0 aliphatic rings. The lowest BCUT2D eigenvalue weighted by molar-refractivity contribution is -0.143. The highest BCUT2D eigenvalue weighted by Gasteiger charge is 2.11. The predicted molar refractivity (Wildman–Crippen MR) is 77.4 cm³/mol. The highest BCUT2D eigenvalue weighted by Crippen LogP contribution is 2.19. The van der Waals surface area contributed by atoms with Crippen LogP contribution in [0.5, 0.6) is 0 Å². The van der Waals surface area contributed by atoms with E-state index in [9.17, 15) is 4.79 Å². The molecule has 1 rings (SSSR count). The number of esters is 1. The fourth-order valence-electron chi connectivity index (χ4n) is 1.86. The molecule has 0 saturated carbocycles. The second-order valence-corrected chi connectivity index (χ2v) is 4.29. The van der Waals surface area contributed by atoms with Gasteiger partial charge in [0.1, 0.15) is 0 Å². The van der Waals surface area contributed by atoms with Crippen molar-refractivity contribution in [3.8, 4) is 0 Å². The smallest absolute Gasteiger partial charge is 0.306 e. The van der Waals surface area contributed by atoms with Crippen LogP contribution in [0.4, 0.5) is 0 Å². The molecule has 0 amide bonds. The monoisotopic (exact) mass is 280 g/mol. The number of benzene rings is 1.